The molecule has 0 atom stereocenters. The first-order chi connectivity index (χ1) is 8.14. The van der Waals surface area contributed by atoms with Gasteiger partial charge in [-0.2, -0.15) is 0 Å². The van der Waals surface area contributed by atoms with Gasteiger partial charge < -0.3 is 9.69 Å². The Labute approximate surface area is 104 Å². The molecule has 0 bridgehead atoms. The number of allylic oxidation sites excluding steroid dienone is 3. The molecule has 0 amide bonds. The lowest BCUT2D eigenvalue weighted by Crippen LogP contribution is -2.41. The molecule has 0 spiro atoms. The van der Waals surface area contributed by atoms with Crippen LogP contribution in [0, 0.1) is 0 Å². The van der Waals surface area contributed by atoms with E-state index in [2.05, 4.69) is 37.8 Å². The van der Waals surface area contributed by atoms with Crippen LogP contribution in [0.1, 0.15) is 19.8 Å². The van der Waals surface area contributed by atoms with E-state index in [1.165, 1.54) is 0 Å². The number of nitrogens with zero attached hydrogens (tertiary/aromatic N) is 1. The van der Waals surface area contributed by atoms with Gasteiger partial charge in [-0.05, 0) is 31.9 Å². The van der Waals surface area contributed by atoms with Crippen molar-refractivity contribution in [2.24, 2.45) is 0 Å². The molecule has 0 aromatic carbocycles. The third-order valence-corrected chi connectivity index (χ3v) is 2.69. The number of rotatable bonds is 5. The first-order valence-corrected chi connectivity index (χ1v) is 5.48. The third-order valence-electron chi connectivity index (χ3n) is 2.69. The minimum absolute atomic E-state index is 0.00183. The lowest BCUT2D eigenvalue weighted by molar-refractivity contribution is -0.0979. The van der Waals surface area contributed by atoms with Crippen LogP contribution in [0.2, 0.25) is 0 Å². The van der Waals surface area contributed by atoms with Gasteiger partial charge in [0.2, 0.25) is 0 Å². The topological polar surface area (TPSA) is 20.3 Å². The second-order valence-electron chi connectivity index (χ2n) is 4.04. The Morgan fingerprint density at radius 3 is 2.18 bits per heavy atom. The van der Waals surface area contributed by atoms with Crippen LogP contribution in [0.4, 0.5) is 0 Å². The largest absolute Gasteiger partial charge is 0.342 e. The summed E-state index contributed by atoms with van der Waals surface area (Å²) in [7, 11) is 0. The standard InChI is InChI=1S/C14H19N.CH2O/c1-5-10-14(4,11-6-2)15-12-8-7-9-13(15)3;1-2/h5-9,12H,1-3,10-11H2,4H3;1H2. The maximum Gasteiger partial charge on any atom is 0.106 e. The average Bonchev–Trinajstić information content (AvgIpc) is 2.32. The van der Waals surface area contributed by atoms with Crippen LogP contribution in [-0.4, -0.2) is 17.2 Å². The maximum absolute atomic E-state index is 8.00. The third kappa shape index (κ3) is 3.91. The molecule has 2 nitrogen and oxygen atoms in total. The highest BCUT2D eigenvalue weighted by atomic mass is 16.1. The normalized spacial score (nSPS) is 13.9. The Morgan fingerprint density at radius 1 is 1.24 bits per heavy atom. The van der Waals surface area contributed by atoms with Crippen LogP contribution < -0.4 is 0 Å². The highest BCUT2D eigenvalue weighted by Gasteiger charge is 2.28. The van der Waals surface area contributed by atoms with Crippen molar-refractivity contribution < 1.29 is 4.79 Å². The summed E-state index contributed by atoms with van der Waals surface area (Å²) in [5.74, 6) is 0. The zero-order valence-electron chi connectivity index (χ0n) is 10.6. The summed E-state index contributed by atoms with van der Waals surface area (Å²) in [6.07, 6.45) is 13.8. The van der Waals surface area contributed by atoms with Crippen LogP contribution in [0.3, 0.4) is 0 Å². The zero-order valence-corrected chi connectivity index (χ0v) is 10.6. The Morgan fingerprint density at radius 2 is 1.76 bits per heavy atom. The van der Waals surface area contributed by atoms with Gasteiger partial charge in [-0.1, -0.05) is 24.8 Å². The maximum atomic E-state index is 8.00. The van der Waals surface area contributed by atoms with E-state index in [0.717, 1.165) is 18.5 Å². The molecule has 1 heterocycles. The predicted octanol–water partition coefficient (Wildman–Crippen LogP) is 3.61. The molecule has 0 aromatic heterocycles. The highest BCUT2D eigenvalue weighted by molar-refractivity contribution is 5.28. The second kappa shape index (κ2) is 7.44. The molecule has 1 aliphatic rings. The lowest BCUT2D eigenvalue weighted by Gasteiger charge is -2.41. The molecule has 0 N–H and O–H groups in total. The Hall–Kier alpha value is -1.83. The van der Waals surface area contributed by atoms with Crippen LogP contribution in [0.5, 0.6) is 0 Å². The summed E-state index contributed by atoms with van der Waals surface area (Å²) in [6.45, 7) is 15.9. The smallest absolute Gasteiger partial charge is 0.106 e. The fourth-order valence-corrected chi connectivity index (χ4v) is 1.91. The monoisotopic (exact) mass is 231 g/mol. The summed E-state index contributed by atoms with van der Waals surface area (Å²) >= 11 is 0. The van der Waals surface area contributed by atoms with Crippen molar-refractivity contribution in [1.82, 2.24) is 4.90 Å². The van der Waals surface area contributed by atoms with Crippen molar-refractivity contribution in [3.63, 3.8) is 0 Å². The van der Waals surface area contributed by atoms with Crippen molar-refractivity contribution in [3.8, 4) is 0 Å². The minimum atomic E-state index is 0.00183. The number of hydrogen-bond donors (Lipinski definition) is 0. The predicted molar refractivity (Wildman–Crippen MR) is 74.4 cm³/mol. The van der Waals surface area contributed by atoms with Gasteiger partial charge in [-0.15, -0.1) is 13.2 Å². The molecular formula is C15H21NO. The van der Waals surface area contributed by atoms with E-state index in [1.807, 2.05) is 37.2 Å². The molecule has 0 radical (unpaired) electrons. The summed E-state index contributed by atoms with van der Waals surface area (Å²) in [5, 5.41) is 0. The Bertz CT molecular complexity index is 329. The van der Waals surface area contributed by atoms with Crippen molar-refractivity contribution >= 4 is 6.79 Å². The van der Waals surface area contributed by atoms with Crippen LogP contribution in [0.15, 0.2) is 62.0 Å². The number of carbonyl (C=O) groups excluding carboxylic acids is 1. The van der Waals surface area contributed by atoms with E-state index in [1.54, 1.807) is 0 Å². The summed E-state index contributed by atoms with van der Waals surface area (Å²) in [6, 6.07) is 0. The van der Waals surface area contributed by atoms with Gasteiger partial charge >= 0.3 is 0 Å². The van der Waals surface area contributed by atoms with Crippen LogP contribution in [0.25, 0.3) is 0 Å². The van der Waals surface area contributed by atoms with Gasteiger partial charge in [0.25, 0.3) is 0 Å². The molecular weight excluding hydrogens is 210 g/mol. The van der Waals surface area contributed by atoms with Crippen molar-refractivity contribution in [1.29, 1.82) is 0 Å². The van der Waals surface area contributed by atoms with Gasteiger partial charge in [0.15, 0.2) is 0 Å². The molecule has 0 unspecified atom stereocenters. The van der Waals surface area contributed by atoms with Gasteiger partial charge in [-0.25, -0.2) is 0 Å². The van der Waals surface area contributed by atoms with Crippen molar-refractivity contribution in [2.45, 2.75) is 25.3 Å². The van der Waals surface area contributed by atoms with Crippen LogP contribution in [-0.2, 0) is 4.79 Å². The summed E-state index contributed by atoms with van der Waals surface area (Å²) in [4.78, 5) is 10.2. The molecule has 1 aliphatic heterocycles. The molecule has 1 rings (SSSR count). The molecule has 92 valence electrons. The molecule has 0 aromatic rings. The van der Waals surface area contributed by atoms with Gasteiger partial charge in [0.1, 0.15) is 6.79 Å². The summed E-state index contributed by atoms with van der Waals surface area (Å²) in [5.41, 5.74) is 1.02. The number of hydrogen-bond acceptors (Lipinski definition) is 2. The first-order valence-electron chi connectivity index (χ1n) is 5.48. The van der Waals surface area contributed by atoms with Crippen molar-refractivity contribution in [2.75, 3.05) is 0 Å². The highest BCUT2D eigenvalue weighted by Crippen LogP contribution is 2.30. The fourth-order valence-electron chi connectivity index (χ4n) is 1.91. The molecule has 0 aliphatic carbocycles. The van der Waals surface area contributed by atoms with Crippen molar-refractivity contribution in [3.05, 3.63) is 62.0 Å². The SMILES string of the molecule is C=CCC(C)(CC=C)N1C=CC=CC1=C.C=O. The molecule has 0 fully saturated rings. The Kier molecular flexibility index (Phi) is 6.64. The lowest BCUT2D eigenvalue weighted by atomic mass is 9.90. The zero-order chi connectivity index (χ0) is 13.3. The number of carbonyl (C=O) groups is 1. The van der Waals surface area contributed by atoms with E-state index in [0.29, 0.717) is 0 Å². The molecule has 0 saturated carbocycles. The van der Waals surface area contributed by atoms with Gasteiger partial charge in [0, 0.05) is 17.4 Å². The average molecular weight is 231 g/mol. The van der Waals surface area contributed by atoms with Gasteiger partial charge in [0.05, 0.1) is 0 Å². The van der Waals surface area contributed by atoms with E-state index >= 15 is 0 Å². The van der Waals surface area contributed by atoms with E-state index in [9.17, 15) is 0 Å². The Balaban J connectivity index is 0.00000121. The van der Waals surface area contributed by atoms with Gasteiger partial charge in [-0.3, -0.25) is 0 Å². The minimum Gasteiger partial charge on any atom is -0.342 e. The fraction of sp³-hybridized carbons (Fsp3) is 0.267. The molecule has 0 saturated heterocycles. The molecule has 17 heavy (non-hydrogen) atoms. The first kappa shape index (κ1) is 15.2. The van der Waals surface area contributed by atoms with Crippen LogP contribution >= 0.6 is 0 Å². The van der Waals surface area contributed by atoms with E-state index in [-0.39, 0.29) is 5.54 Å². The van der Waals surface area contributed by atoms with E-state index < -0.39 is 0 Å². The quantitative estimate of drug-likeness (QED) is 0.674. The molecule has 2 heteroatoms. The second-order valence-corrected chi connectivity index (χ2v) is 4.04. The van der Waals surface area contributed by atoms with E-state index in [4.69, 9.17) is 4.79 Å². The summed E-state index contributed by atoms with van der Waals surface area (Å²) < 4.78 is 0.